The molecule has 8 nitrogen and oxygen atoms in total. The van der Waals surface area contributed by atoms with Gasteiger partial charge >= 0.3 is 5.97 Å². The number of benzene rings is 1. The molecule has 1 N–H and O–H groups in total. The van der Waals surface area contributed by atoms with E-state index in [0.717, 1.165) is 16.0 Å². The molecule has 2 amide bonds. The summed E-state index contributed by atoms with van der Waals surface area (Å²) in [4.78, 5) is 39.2. The molecule has 2 aromatic rings. The molecule has 0 bridgehead atoms. The van der Waals surface area contributed by atoms with Crippen molar-refractivity contribution in [1.82, 2.24) is 4.90 Å². The van der Waals surface area contributed by atoms with Crippen LogP contribution in [0.2, 0.25) is 0 Å². The Hall–Kier alpha value is -3.33. The molecule has 0 atom stereocenters. The van der Waals surface area contributed by atoms with Gasteiger partial charge in [-0.25, -0.2) is 4.79 Å². The van der Waals surface area contributed by atoms with E-state index in [0.29, 0.717) is 41.6 Å². The van der Waals surface area contributed by atoms with Crippen molar-refractivity contribution in [1.29, 1.82) is 0 Å². The van der Waals surface area contributed by atoms with Gasteiger partial charge in [0.05, 0.1) is 33.4 Å². The second kappa shape index (κ2) is 9.65. The van der Waals surface area contributed by atoms with Crippen LogP contribution >= 0.6 is 11.3 Å². The highest BCUT2D eigenvalue weighted by atomic mass is 32.1. The summed E-state index contributed by atoms with van der Waals surface area (Å²) in [6.45, 7) is 2.45. The van der Waals surface area contributed by atoms with Gasteiger partial charge in [-0.1, -0.05) is 6.07 Å². The van der Waals surface area contributed by atoms with E-state index in [1.165, 1.54) is 38.6 Å². The number of anilines is 1. The molecular weight excluding hydrogens is 420 g/mol. The van der Waals surface area contributed by atoms with Gasteiger partial charge in [-0.2, -0.15) is 0 Å². The Morgan fingerprint density at radius 1 is 1.13 bits per heavy atom. The lowest BCUT2D eigenvalue weighted by Gasteiger charge is -2.25. The van der Waals surface area contributed by atoms with E-state index < -0.39 is 5.97 Å². The molecule has 1 aliphatic heterocycles. The molecule has 9 heteroatoms. The van der Waals surface area contributed by atoms with Gasteiger partial charge in [0, 0.05) is 24.4 Å². The van der Waals surface area contributed by atoms with Gasteiger partial charge in [0.25, 0.3) is 0 Å². The molecule has 1 aliphatic rings. The smallest absolute Gasteiger partial charge is 0.341 e. The third-order valence-corrected chi connectivity index (χ3v) is 6.10. The number of thiophene rings is 1. The van der Waals surface area contributed by atoms with Gasteiger partial charge in [-0.3, -0.25) is 9.59 Å². The van der Waals surface area contributed by atoms with Crippen LogP contribution in [0.1, 0.15) is 33.3 Å². The summed E-state index contributed by atoms with van der Waals surface area (Å²) in [6.07, 6.45) is 3.55. The van der Waals surface area contributed by atoms with Crippen LogP contribution in [0, 0.1) is 0 Å². The zero-order valence-electron chi connectivity index (χ0n) is 17.8. The van der Waals surface area contributed by atoms with Crippen molar-refractivity contribution in [3.8, 4) is 11.5 Å². The Morgan fingerprint density at radius 2 is 1.87 bits per heavy atom. The number of fused-ring (bicyclic) bond motifs is 1. The average molecular weight is 445 g/mol. The number of rotatable bonds is 6. The predicted octanol–water partition coefficient (Wildman–Crippen LogP) is 3.11. The molecule has 0 radical (unpaired) electrons. The molecular formula is C22H24N2O6S. The van der Waals surface area contributed by atoms with E-state index >= 15 is 0 Å². The van der Waals surface area contributed by atoms with Crippen molar-refractivity contribution >= 4 is 40.2 Å². The van der Waals surface area contributed by atoms with E-state index in [9.17, 15) is 14.4 Å². The number of hydrogen-bond acceptors (Lipinski definition) is 7. The Morgan fingerprint density at radius 3 is 2.52 bits per heavy atom. The standard InChI is InChI=1S/C22H24N2O6S/c1-13(25)24-10-9-15-18(12-24)31-21(20(15)22(27)30-4)23-19(26)8-6-14-5-7-16(28-2)17(11-14)29-3/h5-8,11H,9-10,12H2,1-4H3,(H,23,26)/b8-6+. The number of nitrogens with zero attached hydrogens (tertiary/aromatic N) is 1. The normalized spacial score (nSPS) is 13.0. The molecule has 2 heterocycles. The summed E-state index contributed by atoms with van der Waals surface area (Å²) >= 11 is 1.29. The number of hydrogen-bond donors (Lipinski definition) is 1. The van der Waals surface area contributed by atoms with Gasteiger partial charge in [0.2, 0.25) is 11.8 Å². The van der Waals surface area contributed by atoms with Crippen LogP contribution in [0.3, 0.4) is 0 Å². The molecule has 0 saturated carbocycles. The monoisotopic (exact) mass is 444 g/mol. The predicted molar refractivity (Wildman–Crippen MR) is 118 cm³/mol. The molecule has 1 aromatic heterocycles. The van der Waals surface area contributed by atoms with Crippen LogP contribution in [-0.4, -0.2) is 50.6 Å². The fraction of sp³-hybridized carbons (Fsp3) is 0.318. The maximum atomic E-state index is 12.5. The van der Waals surface area contributed by atoms with Gasteiger partial charge in [-0.15, -0.1) is 11.3 Å². The molecule has 31 heavy (non-hydrogen) atoms. The first-order valence-corrected chi connectivity index (χ1v) is 10.4. The third-order valence-electron chi connectivity index (χ3n) is 4.96. The van der Waals surface area contributed by atoms with Crippen molar-refractivity contribution < 1.29 is 28.6 Å². The summed E-state index contributed by atoms with van der Waals surface area (Å²) < 4.78 is 15.4. The average Bonchev–Trinajstić information content (AvgIpc) is 3.13. The summed E-state index contributed by atoms with van der Waals surface area (Å²) in [7, 11) is 4.40. The van der Waals surface area contributed by atoms with Crippen LogP contribution in [-0.2, 0) is 27.3 Å². The molecule has 0 spiro atoms. The lowest BCUT2D eigenvalue weighted by atomic mass is 10.0. The van der Waals surface area contributed by atoms with Gasteiger partial charge < -0.3 is 24.4 Å². The first-order valence-electron chi connectivity index (χ1n) is 9.57. The Bertz CT molecular complexity index is 1040. The quantitative estimate of drug-likeness (QED) is 0.544. The van der Waals surface area contributed by atoms with Crippen LogP contribution in [0.5, 0.6) is 11.5 Å². The minimum absolute atomic E-state index is 0.0258. The number of carbonyl (C=O) groups is 3. The summed E-state index contributed by atoms with van der Waals surface area (Å²) in [5.74, 6) is 0.228. The molecule has 0 aliphatic carbocycles. The Labute approximate surface area is 184 Å². The lowest BCUT2D eigenvalue weighted by Crippen LogP contribution is -2.33. The topological polar surface area (TPSA) is 94.2 Å². The molecule has 1 aromatic carbocycles. The maximum Gasteiger partial charge on any atom is 0.341 e. The SMILES string of the molecule is COC(=O)c1c(NC(=O)/C=C/c2ccc(OC)c(OC)c2)sc2c1CCN(C(C)=O)C2. The zero-order valence-corrected chi connectivity index (χ0v) is 18.6. The highest BCUT2D eigenvalue weighted by molar-refractivity contribution is 7.17. The summed E-state index contributed by atoms with van der Waals surface area (Å²) in [6, 6.07) is 5.30. The number of carbonyl (C=O) groups excluding carboxylic acids is 3. The Balaban J connectivity index is 1.82. The van der Waals surface area contributed by atoms with Gasteiger partial charge in [0.15, 0.2) is 11.5 Å². The van der Waals surface area contributed by atoms with Crippen LogP contribution in [0.4, 0.5) is 5.00 Å². The fourth-order valence-electron chi connectivity index (χ4n) is 3.36. The molecule has 3 rings (SSSR count). The van der Waals surface area contributed by atoms with Crippen LogP contribution < -0.4 is 14.8 Å². The van der Waals surface area contributed by atoms with E-state index in [1.807, 2.05) is 0 Å². The first kappa shape index (κ1) is 22.4. The largest absolute Gasteiger partial charge is 0.493 e. The zero-order chi connectivity index (χ0) is 22.5. The minimum atomic E-state index is -0.507. The van der Waals surface area contributed by atoms with Crippen LogP contribution in [0.25, 0.3) is 6.08 Å². The number of amides is 2. The highest BCUT2D eigenvalue weighted by Gasteiger charge is 2.29. The Kier molecular flexibility index (Phi) is 6.96. The minimum Gasteiger partial charge on any atom is -0.493 e. The second-order valence-corrected chi connectivity index (χ2v) is 7.93. The van der Waals surface area contributed by atoms with Crippen molar-refractivity contribution in [3.05, 3.63) is 45.8 Å². The third kappa shape index (κ3) is 4.88. The molecule has 164 valence electrons. The van der Waals surface area contributed by atoms with Crippen molar-refractivity contribution in [2.24, 2.45) is 0 Å². The lowest BCUT2D eigenvalue weighted by molar-refractivity contribution is -0.129. The van der Waals surface area contributed by atoms with E-state index in [-0.39, 0.29) is 11.8 Å². The van der Waals surface area contributed by atoms with E-state index in [4.69, 9.17) is 14.2 Å². The first-order chi connectivity index (χ1) is 14.9. The van der Waals surface area contributed by atoms with Crippen molar-refractivity contribution in [2.45, 2.75) is 19.9 Å². The van der Waals surface area contributed by atoms with Crippen LogP contribution in [0.15, 0.2) is 24.3 Å². The number of methoxy groups -OCH3 is 3. The molecule has 0 unspecified atom stereocenters. The molecule has 0 saturated heterocycles. The second-order valence-electron chi connectivity index (χ2n) is 6.83. The summed E-state index contributed by atoms with van der Waals surface area (Å²) in [5, 5.41) is 3.20. The fourth-order valence-corrected chi connectivity index (χ4v) is 4.61. The van der Waals surface area contributed by atoms with Gasteiger partial charge in [-0.05, 0) is 35.8 Å². The summed E-state index contributed by atoms with van der Waals surface area (Å²) in [5.41, 5.74) is 1.94. The van der Waals surface area contributed by atoms with Crippen molar-refractivity contribution in [2.75, 3.05) is 33.2 Å². The molecule has 0 fully saturated rings. The number of nitrogens with one attached hydrogen (secondary N) is 1. The number of ether oxygens (including phenoxy) is 3. The van der Waals surface area contributed by atoms with Crippen molar-refractivity contribution in [3.63, 3.8) is 0 Å². The number of esters is 1. The van der Waals surface area contributed by atoms with Gasteiger partial charge in [0.1, 0.15) is 5.00 Å². The highest BCUT2D eigenvalue weighted by Crippen LogP contribution is 2.37. The van der Waals surface area contributed by atoms with E-state index in [1.54, 1.807) is 36.3 Å². The van der Waals surface area contributed by atoms with E-state index in [2.05, 4.69) is 5.32 Å². The maximum absolute atomic E-state index is 12.5.